The molecule has 0 aliphatic carbocycles. The number of nitrogens with two attached hydrogens (primary N) is 1. The predicted molar refractivity (Wildman–Crippen MR) is 105 cm³/mol. The van der Waals surface area contributed by atoms with E-state index in [0.29, 0.717) is 29.2 Å². The summed E-state index contributed by atoms with van der Waals surface area (Å²) in [6, 6.07) is 9.03. The molecule has 6 nitrogen and oxygen atoms in total. The third kappa shape index (κ3) is 4.85. The molecule has 0 atom stereocenters. The second kappa shape index (κ2) is 8.81. The predicted octanol–water partition coefficient (Wildman–Crippen LogP) is 3.78. The number of halogens is 1. The largest absolute Gasteiger partial charge is 0.493 e. The van der Waals surface area contributed by atoms with Crippen LogP contribution in [-0.2, 0) is 13.1 Å². The van der Waals surface area contributed by atoms with Crippen molar-refractivity contribution in [1.82, 2.24) is 10.3 Å². The number of carbonyl (C=O) groups is 1. The lowest BCUT2D eigenvalue weighted by Crippen LogP contribution is -2.23. The van der Waals surface area contributed by atoms with Crippen LogP contribution in [0.5, 0.6) is 17.2 Å². The first-order valence-electron chi connectivity index (χ1n) is 8.53. The van der Waals surface area contributed by atoms with Gasteiger partial charge < -0.3 is 20.5 Å². The lowest BCUT2D eigenvalue weighted by atomic mass is 10.1. The fourth-order valence-corrected chi connectivity index (χ4v) is 3.20. The first-order chi connectivity index (χ1) is 13.5. The standard InChI is InChI=1S/C20H20FN3O3S/c1-12-24-16(11-28-12)10-23-20(25)14-3-4-18(26-2)19(7-14)27-17-6-13(9-22)5-15(21)8-17/h3-8,11H,9-10,22H2,1-2H3,(H,23,25). The van der Waals surface area contributed by atoms with E-state index in [-0.39, 0.29) is 18.2 Å². The molecule has 3 aromatic rings. The fraction of sp³-hybridized carbons (Fsp3) is 0.200. The molecule has 1 heterocycles. The van der Waals surface area contributed by atoms with E-state index in [1.54, 1.807) is 24.3 Å². The van der Waals surface area contributed by atoms with Crippen LogP contribution in [0.2, 0.25) is 0 Å². The van der Waals surface area contributed by atoms with Gasteiger partial charge in [0.25, 0.3) is 5.91 Å². The summed E-state index contributed by atoms with van der Waals surface area (Å²) in [5, 5.41) is 5.66. The summed E-state index contributed by atoms with van der Waals surface area (Å²) >= 11 is 1.53. The molecule has 1 aromatic heterocycles. The first-order valence-corrected chi connectivity index (χ1v) is 9.41. The Hall–Kier alpha value is -2.97. The smallest absolute Gasteiger partial charge is 0.251 e. The van der Waals surface area contributed by atoms with Crippen molar-refractivity contribution in [2.75, 3.05) is 7.11 Å². The Morgan fingerprint density at radius 3 is 2.75 bits per heavy atom. The minimum atomic E-state index is -0.454. The van der Waals surface area contributed by atoms with E-state index in [0.717, 1.165) is 10.7 Å². The van der Waals surface area contributed by atoms with E-state index >= 15 is 0 Å². The van der Waals surface area contributed by atoms with Gasteiger partial charge in [-0.3, -0.25) is 4.79 Å². The van der Waals surface area contributed by atoms with Crippen LogP contribution in [0.4, 0.5) is 4.39 Å². The number of nitrogens with one attached hydrogen (secondary N) is 1. The topological polar surface area (TPSA) is 86.5 Å². The van der Waals surface area contributed by atoms with Gasteiger partial charge in [0.15, 0.2) is 11.5 Å². The maximum absolute atomic E-state index is 13.7. The van der Waals surface area contributed by atoms with Gasteiger partial charge in [-0.15, -0.1) is 11.3 Å². The zero-order valence-corrected chi connectivity index (χ0v) is 16.3. The quantitative estimate of drug-likeness (QED) is 0.629. The molecule has 0 unspecified atom stereocenters. The number of methoxy groups -OCH3 is 1. The average Bonchev–Trinajstić information content (AvgIpc) is 3.10. The fourth-order valence-electron chi connectivity index (χ4n) is 2.58. The third-order valence-corrected chi connectivity index (χ3v) is 4.74. The highest BCUT2D eigenvalue weighted by Crippen LogP contribution is 2.33. The van der Waals surface area contributed by atoms with Gasteiger partial charge in [-0.25, -0.2) is 9.37 Å². The number of ether oxygens (including phenoxy) is 2. The van der Waals surface area contributed by atoms with E-state index in [4.69, 9.17) is 15.2 Å². The number of hydrogen-bond donors (Lipinski definition) is 2. The average molecular weight is 401 g/mol. The molecule has 0 bridgehead atoms. The maximum atomic E-state index is 13.7. The summed E-state index contributed by atoms with van der Waals surface area (Å²) in [7, 11) is 1.49. The molecule has 146 valence electrons. The number of amides is 1. The second-order valence-electron chi connectivity index (χ2n) is 6.01. The van der Waals surface area contributed by atoms with Crippen molar-refractivity contribution in [3.8, 4) is 17.2 Å². The monoisotopic (exact) mass is 401 g/mol. The molecule has 8 heteroatoms. The molecule has 3 rings (SSSR count). The van der Waals surface area contributed by atoms with Crippen LogP contribution in [0.3, 0.4) is 0 Å². The van der Waals surface area contributed by atoms with Crippen molar-refractivity contribution >= 4 is 17.2 Å². The van der Waals surface area contributed by atoms with Gasteiger partial charge in [-0.1, -0.05) is 0 Å². The van der Waals surface area contributed by atoms with Gasteiger partial charge in [0.2, 0.25) is 0 Å². The van der Waals surface area contributed by atoms with Crippen molar-refractivity contribution < 1.29 is 18.7 Å². The Morgan fingerprint density at radius 1 is 1.25 bits per heavy atom. The van der Waals surface area contributed by atoms with Crippen LogP contribution in [0.15, 0.2) is 41.8 Å². The van der Waals surface area contributed by atoms with Crippen LogP contribution >= 0.6 is 11.3 Å². The molecule has 0 saturated heterocycles. The molecule has 28 heavy (non-hydrogen) atoms. The van der Waals surface area contributed by atoms with Gasteiger partial charge in [-0.2, -0.15) is 0 Å². The minimum Gasteiger partial charge on any atom is -0.493 e. The summed E-state index contributed by atoms with van der Waals surface area (Å²) in [5.41, 5.74) is 7.37. The summed E-state index contributed by atoms with van der Waals surface area (Å²) in [4.78, 5) is 16.8. The molecule has 0 aliphatic rings. The Labute approximate surface area is 166 Å². The zero-order chi connectivity index (χ0) is 20.1. The summed E-state index contributed by atoms with van der Waals surface area (Å²) < 4.78 is 24.8. The van der Waals surface area contributed by atoms with Gasteiger partial charge in [-0.05, 0) is 42.8 Å². The summed E-state index contributed by atoms with van der Waals surface area (Å²) in [5.74, 6) is 0.261. The highest BCUT2D eigenvalue weighted by atomic mass is 32.1. The number of rotatable bonds is 7. The molecule has 0 radical (unpaired) electrons. The molecule has 0 saturated carbocycles. The molecular formula is C20H20FN3O3S. The van der Waals surface area contributed by atoms with Gasteiger partial charge >= 0.3 is 0 Å². The summed E-state index contributed by atoms with van der Waals surface area (Å²) in [6.45, 7) is 2.42. The lowest BCUT2D eigenvalue weighted by Gasteiger charge is -2.13. The second-order valence-corrected chi connectivity index (χ2v) is 7.07. The molecule has 2 aromatic carbocycles. The Kier molecular flexibility index (Phi) is 6.23. The van der Waals surface area contributed by atoms with E-state index in [1.807, 2.05) is 12.3 Å². The van der Waals surface area contributed by atoms with Crippen molar-refractivity contribution in [2.24, 2.45) is 5.73 Å². The highest BCUT2D eigenvalue weighted by Gasteiger charge is 2.13. The minimum absolute atomic E-state index is 0.184. The Bertz CT molecular complexity index is 991. The van der Waals surface area contributed by atoms with E-state index in [2.05, 4.69) is 10.3 Å². The number of benzene rings is 2. The number of carbonyl (C=O) groups excluding carboxylic acids is 1. The number of hydrogen-bond acceptors (Lipinski definition) is 6. The summed E-state index contributed by atoms with van der Waals surface area (Å²) in [6.07, 6.45) is 0. The van der Waals surface area contributed by atoms with Crippen LogP contribution in [-0.4, -0.2) is 18.0 Å². The third-order valence-electron chi connectivity index (χ3n) is 3.92. The van der Waals surface area contributed by atoms with Gasteiger partial charge in [0, 0.05) is 23.6 Å². The first kappa shape index (κ1) is 19.8. The lowest BCUT2D eigenvalue weighted by molar-refractivity contribution is 0.0950. The van der Waals surface area contributed by atoms with E-state index in [9.17, 15) is 9.18 Å². The zero-order valence-electron chi connectivity index (χ0n) is 15.5. The van der Waals surface area contributed by atoms with E-state index in [1.165, 1.54) is 30.6 Å². The maximum Gasteiger partial charge on any atom is 0.251 e. The van der Waals surface area contributed by atoms with Crippen molar-refractivity contribution in [3.63, 3.8) is 0 Å². The number of aryl methyl sites for hydroxylation is 1. The highest BCUT2D eigenvalue weighted by molar-refractivity contribution is 7.09. The van der Waals surface area contributed by atoms with Gasteiger partial charge in [0.1, 0.15) is 11.6 Å². The molecular weight excluding hydrogens is 381 g/mol. The van der Waals surface area contributed by atoms with Crippen molar-refractivity contribution in [3.05, 3.63) is 69.4 Å². The Morgan fingerprint density at radius 2 is 2.07 bits per heavy atom. The van der Waals surface area contributed by atoms with Gasteiger partial charge in [0.05, 0.1) is 24.4 Å². The molecule has 0 fully saturated rings. The molecule has 3 N–H and O–H groups in total. The SMILES string of the molecule is COc1ccc(C(=O)NCc2csc(C)n2)cc1Oc1cc(F)cc(CN)c1. The van der Waals surface area contributed by atoms with Crippen molar-refractivity contribution in [1.29, 1.82) is 0 Å². The van der Waals surface area contributed by atoms with Crippen molar-refractivity contribution in [2.45, 2.75) is 20.0 Å². The number of aromatic nitrogens is 1. The molecule has 0 aliphatic heterocycles. The van der Waals surface area contributed by atoms with Crippen LogP contribution in [0.25, 0.3) is 0 Å². The van der Waals surface area contributed by atoms with Crippen LogP contribution in [0, 0.1) is 12.7 Å². The normalized spacial score (nSPS) is 10.6. The van der Waals surface area contributed by atoms with Crippen LogP contribution in [0.1, 0.15) is 26.6 Å². The van der Waals surface area contributed by atoms with Crippen LogP contribution < -0.4 is 20.5 Å². The van der Waals surface area contributed by atoms with E-state index < -0.39 is 5.82 Å². The number of nitrogens with zero attached hydrogens (tertiary/aromatic N) is 1. The number of thiazole rings is 1. The molecule has 1 amide bonds. The Balaban J connectivity index is 1.79. The molecule has 0 spiro atoms.